The highest BCUT2D eigenvalue weighted by atomic mass is 16.3. The van der Waals surface area contributed by atoms with Crippen molar-refractivity contribution < 1.29 is 9.21 Å². The summed E-state index contributed by atoms with van der Waals surface area (Å²) in [5.74, 6) is 1.29. The summed E-state index contributed by atoms with van der Waals surface area (Å²) in [6.45, 7) is 1.17. The lowest BCUT2D eigenvalue weighted by Gasteiger charge is -2.22. The van der Waals surface area contributed by atoms with Crippen LogP contribution in [0.15, 0.2) is 47.1 Å². The van der Waals surface area contributed by atoms with Crippen LogP contribution in [0.1, 0.15) is 24.2 Å². The molecule has 2 aromatic rings. The third-order valence-corrected chi connectivity index (χ3v) is 3.99. The lowest BCUT2D eigenvalue weighted by atomic mass is 10.1. The van der Waals surface area contributed by atoms with E-state index in [1.807, 2.05) is 31.1 Å². The molecule has 0 unspecified atom stereocenters. The molecule has 4 heteroatoms. The molecule has 1 amide bonds. The number of furan rings is 1. The van der Waals surface area contributed by atoms with E-state index in [1.165, 1.54) is 0 Å². The van der Waals surface area contributed by atoms with Gasteiger partial charge in [-0.25, -0.2) is 0 Å². The molecule has 0 bridgehead atoms. The highest BCUT2D eigenvalue weighted by molar-refractivity contribution is 5.81. The van der Waals surface area contributed by atoms with Crippen molar-refractivity contribution >= 4 is 11.6 Å². The average molecular weight is 298 g/mol. The van der Waals surface area contributed by atoms with E-state index in [0.717, 1.165) is 29.9 Å². The fourth-order valence-electron chi connectivity index (χ4n) is 2.51. The van der Waals surface area contributed by atoms with Crippen LogP contribution in [0.4, 0.5) is 5.69 Å². The Balaban J connectivity index is 1.72. The van der Waals surface area contributed by atoms with E-state index in [1.54, 1.807) is 6.26 Å². The predicted molar refractivity (Wildman–Crippen MR) is 86.5 cm³/mol. The number of rotatable bonds is 6. The van der Waals surface area contributed by atoms with Crippen molar-refractivity contribution in [3.8, 4) is 0 Å². The summed E-state index contributed by atoms with van der Waals surface area (Å²) in [6.07, 6.45) is 3.70. The van der Waals surface area contributed by atoms with Gasteiger partial charge in [-0.3, -0.25) is 4.79 Å². The van der Waals surface area contributed by atoms with Gasteiger partial charge in [0, 0.05) is 32.2 Å². The van der Waals surface area contributed by atoms with Crippen LogP contribution in [0, 0.1) is 5.92 Å². The van der Waals surface area contributed by atoms with Crippen LogP contribution in [-0.4, -0.2) is 24.9 Å². The van der Waals surface area contributed by atoms with E-state index in [0.29, 0.717) is 13.1 Å². The van der Waals surface area contributed by atoms with Crippen LogP contribution in [-0.2, 0) is 17.9 Å². The Labute approximate surface area is 131 Å². The second-order valence-corrected chi connectivity index (χ2v) is 6.11. The zero-order chi connectivity index (χ0) is 15.5. The Morgan fingerprint density at radius 2 is 1.86 bits per heavy atom. The van der Waals surface area contributed by atoms with Gasteiger partial charge in [0.1, 0.15) is 5.76 Å². The highest BCUT2D eigenvalue weighted by Crippen LogP contribution is 2.32. The van der Waals surface area contributed by atoms with E-state index in [4.69, 9.17) is 4.42 Å². The van der Waals surface area contributed by atoms with E-state index in [-0.39, 0.29) is 11.8 Å². The van der Waals surface area contributed by atoms with E-state index in [2.05, 4.69) is 29.2 Å². The first-order valence-corrected chi connectivity index (χ1v) is 7.71. The molecular formula is C18H22N2O2. The lowest BCUT2D eigenvalue weighted by Crippen LogP contribution is -2.31. The van der Waals surface area contributed by atoms with E-state index >= 15 is 0 Å². The largest absolute Gasteiger partial charge is 0.467 e. The third-order valence-electron chi connectivity index (χ3n) is 3.99. The number of anilines is 1. The molecule has 0 radical (unpaired) electrons. The normalized spacial score (nSPS) is 13.9. The van der Waals surface area contributed by atoms with Crippen molar-refractivity contribution in [1.29, 1.82) is 0 Å². The highest BCUT2D eigenvalue weighted by Gasteiger charge is 2.33. The van der Waals surface area contributed by atoms with Gasteiger partial charge in [0.15, 0.2) is 0 Å². The smallest absolute Gasteiger partial charge is 0.226 e. The van der Waals surface area contributed by atoms with Crippen LogP contribution in [0.25, 0.3) is 0 Å². The van der Waals surface area contributed by atoms with Crippen LogP contribution < -0.4 is 4.90 Å². The molecule has 0 atom stereocenters. The molecule has 1 aromatic carbocycles. The summed E-state index contributed by atoms with van der Waals surface area (Å²) >= 11 is 0. The van der Waals surface area contributed by atoms with E-state index < -0.39 is 0 Å². The van der Waals surface area contributed by atoms with E-state index in [9.17, 15) is 4.79 Å². The van der Waals surface area contributed by atoms with Crippen LogP contribution >= 0.6 is 0 Å². The third kappa shape index (κ3) is 3.50. The summed E-state index contributed by atoms with van der Waals surface area (Å²) in [7, 11) is 4.05. The summed E-state index contributed by atoms with van der Waals surface area (Å²) in [6, 6.07) is 12.1. The molecule has 22 heavy (non-hydrogen) atoms. The molecule has 1 aromatic heterocycles. The van der Waals surface area contributed by atoms with Crippen LogP contribution in [0.3, 0.4) is 0 Å². The number of hydrogen-bond donors (Lipinski definition) is 0. The SMILES string of the molecule is CN(C)c1ccc(CN(Cc2ccco2)C(=O)C2CC2)cc1. The monoisotopic (exact) mass is 298 g/mol. The topological polar surface area (TPSA) is 36.7 Å². The molecule has 0 aliphatic heterocycles. The first-order valence-electron chi connectivity index (χ1n) is 7.71. The first-order chi connectivity index (χ1) is 10.6. The number of amides is 1. The van der Waals surface area contributed by atoms with Gasteiger partial charge < -0.3 is 14.2 Å². The number of carbonyl (C=O) groups excluding carboxylic acids is 1. The molecule has 3 rings (SSSR count). The minimum absolute atomic E-state index is 0.219. The van der Waals surface area contributed by atoms with Gasteiger partial charge in [-0.05, 0) is 42.7 Å². The quantitative estimate of drug-likeness (QED) is 0.821. The fraction of sp³-hybridized carbons (Fsp3) is 0.389. The Hall–Kier alpha value is -2.23. The fourth-order valence-corrected chi connectivity index (χ4v) is 2.51. The van der Waals surface area contributed by atoms with Gasteiger partial charge in [0.2, 0.25) is 5.91 Å². The summed E-state index contributed by atoms with van der Waals surface area (Å²) in [5, 5.41) is 0. The maximum Gasteiger partial charge on any atom is 0.226 e. The second-order valence-electron chi connectivity index (χ2n) is 6.11. The van der Waals surface area contributed by atoms with Crippen molar-refractivity contribution in [3.05, 3.63) is 54.0 Å². The summed E-state index contributed by atoms with van der Waals surface area (Å²) < 4.78 is 5.40. The average Bonchev–Trinajstić information content (AvgIpc) is 3.24. The Kier molecular flexibility index (Phi) is 4.18. The number of hydrogen-bond acceptors (Lipinski definition) is 3. The number of nitrogens with zero attached hydrogens (tertiary/aromatic N) is 2. The van der Waals surface area contributed by atoms with Gasteiger partial charge in [0.25, 0.3) is 0 Å². The van der Waals surface area contributed by atoms with Crippen molar-refractivity contribution in [2.75, 3.05) is 19.0 Å². The molecule has 1 fully saturated rings. The Bertz CT molecular complexity index is 613. The zero-order valence-electron chi connectivity index (χ0n) is 13.2. The lowest BCUT2D eigenvalue weighted by molar-refractivity contribution is -0.134. The van der Waals surface area contributed by atoms with Gasteiger partial charge in [-0.2, -0.15) is 0 Å². The van der Waals surface area contributed by atoms with Crippen molar-refractivity contribution in [1.82, 2.24) is 4.90 Å². The zero-order valence-corrected chi connectivity index (χ0v) is 13.2. The van der Waals surface area contributed by atoms with Crippen LogP contribution in [0.5, 0.6) is 0 Å². The molecule has 0 N–H and O–H groups in total. The van der Waals surface area contributed by atoms with Gasteiger partial charge in [0.05, 0.1) is 12.8 Å². The first kappa shape index (κ1) is 14.7. The predicted octanol–water partition coefficient (Wildman–Crippen LogP) is 3.28. The molecule has 0 spiro atoms. The Morgan fingerprint density at radius 1 is 1.14 bits per heavy atom. The van der Waals surface area contributed by atoms with Gasteiger partial charge >= 0.3 is 0 Å². The van der Waals surface area contributed by atoms with Gasteiger partial charge in [-0.1, -0.05) is 12.1 Å². The summed E-state index contributed by atoms with van der Waals surface area (Å²) in [5.41, 5.74) is 2.31. The summed E-state index contributed by atoms with van der Waals surface area (Å²) in [4.78, 5) is 16.5. The van der Waals surface area contributed by atoms with Crippen LogP contribution in [0.2, 0.25) is 0 Å². The molecular weight excluding hydrogens is 276 g/mol. The maximum atomic E-state index is 12.5. The van der Waals surface area contributed by atoms with Crippen molar-refractivity contribution in [2.24, 2.45) is 5.92 Å². The Morgan fingerprint density at radius 3 is 2.41 bits per heavy atom. The molecule has 0 saturated heterocycles. The molecule has 1 heterocycles. The molecule has 1 aliphatic rings. The van der Waals surface area contributed by atoms with Crippen molar-refractivity contribution in [3.63, 3.8) is 0 Å². The van der Waals surface area contributed by atoms with Crippen molar-refractivity contribution in [2.45, 2.75) is 25.9 Å². The molecule has 1 saturated carbocycles. The number of benzene rings is 1. The number of carbonyl (C=O) groups is 1. The minimum Gasteiger partial charge on any atom is -0.467 e. The minimum atomic E-state index is 0.219. The molecule has 116 valence electrons. The second kappa shape index (κ2) is 6.26. The van der Waals surface area contributed by atoms with Gasteiger partial charge in [-0.15, -0.1) is 0 Å². The maximum absolute atomic E-state index is 12.5. The molecule has 4 nitrogen and oxygen atoms in total. The standard InChI is InChI=1S/C18H22N2O2/c1-19(2)16-9-5-14(6-10-16)12-20(18(21)15-7-8-15)13-17-4-3-11-22-17/h3-6,9-11,15H,7-8,12-13H2,1-2H3. The molecule has 1 aliphatic carbocycles.